The second kappa shape index (κ2) is 5.20. The molecule has 18 heavy (non-hydrogen) atoms. The van der Waals surface area contributed by atoms with Crippen LogP contribution in [0.2, 0.25) is 0 Å². The van der Waals surface area contributed by atoms with Gasteiger partial charge in [-0.1, -0.05) is 33.6 Å². The van der Waals surface area contributed by atoms with Crippen LogP contribution in [0.25, 0.3) is 0 Å². The maximum atomic E-state index is 12.1. The summed E-state index contributed by atoms with van der Waals surface area (Å²) in [7, 11) is 0. The van der Waals surface area contributed by atoms with Gasteiger partial charge in [-0.3, -0.25) is 4.79 Å². The first-order valence-electron chi connectivity index (χ1n) is 7.42. The van der Waals surface area contributed by atoms with Gasteiger partial charge in [-0.25, -0.2) is 0 Å². The fraction of sp³-hybridized carbons (Fsp3) is 0.933. The Morgan fingerprint density at radius 1 is 1.28 bits per heavy atom. The van der Waals surface area contributed by atoms with E-state index in [0.717, 1.165) is 6.42 Å². The van der Waals surface area contributed by atoms with Crippen LogP contribution >= 0.6 is 0 Å². The van der Waals surface area contributed by atoms with Crippen molar-refractivity contribution in [2.75, 3.05) is 6.54 Å². The van der Waals surface area contributed by atoms with E-state index >= 15 is 0 Å². The molecule has 0 aromatic heterocycles. The number of rotatable bonds is 4. The molecule has 2 saturated carbocycles. The third-order valence-corrected chi connectivity index (χ3v) is 4.37. The predicted octanol–water partition coefficient (Wildman–Crippen LogP) is 2.30. The summed E-state index contributed by atoms with van der Waals surface area (Å²) < 4.78 is 0. The van der Waals surface area contributed by atoms with Crippen LogP contribution < -0.4 is 11.1 Å². The van der Waals surface area contributed by atoms with Crippen LogP contribution in [0.3, 0.4) is 0 Å². The molecular weight excluding hydrogens is 224 g/mol. The van der Waals surface area contributed by atoms with Gasteiger partial charge in [0, 0.05) is 18.5 Å². The summed E-state index contributed by atoms with van der Waals surface area (Å²) in [5, 5.41) is 3.06. The van der Waals surface area contributed by atoms with Gasteiger partial charge in [0.25, 0.3) is 0 Å². The van der Waals surface area contributed by atoms with Crippen LogP contribution in [0, 0.1) is 23.2 Å². The molecular formula is C15H28N2O. The summed E-state index contributed by atoms with van der Waals surface area (Å²) in [5.74, 6) is 1.96. The number of carbonyl (C=O) groups is 1. The molecule has 2 fully saturated rings. The Balaban J connectivity index is 1.69. The zero-order valence-electron chi connectivity index (χ0n) is 12.0. The van der Waals surface area contributed by atoms with Crippen LogP contribution in [-0.4, -0.2) is 18.5 Å². The fourth-order valence-electron chi connectivity index (χ4n) is 3.59. The van der Waals surface area contributed by atoms with Gasteiger partial charge in [-0.15, -0.1) is 0 Å². The first-order valence-corrected chi connectivity index (χ1v) is 7.42. The summed E-state index contributed by atoms with van der Waals surface area (Å²) in [5.41, 5.74) is 6.29. The van der Waals surface area contributed by atoms with E-state index in [1.54, 1.807) is 0 Å². The number of hydrogen-bond acceptors (Lipinski definition) is 2. The van der Waals surface area contributed by atoms with Crippen molar-refractivity contribution in [1.29, 1.82) is 0 Å². The van der Waals surface area contributed by atoms with Crippen molar-refractivity contribution in [3.05, 3.63) is 0 Å². The highest BCUT2D eigenvalue weighted by atomic mass is 16.2. The first kappa shape index (κ1) is 13.9. The van der Waals surface area contributed by atoms with Gasteiger partial charge in [0.2, 0.25) is 5.91 Å². The molecule has 3 atom stereocenters. The average Bonchev–Trinajstić information content (AvgIpc) is 2.97. The van der Waals surface area contributed by atoms with E-state index in [4.69, 9.17) is 5.73 Å². The molecule has 0 aromatic carbocycles. The Hall–Kier alpha value is -0.570. The molecule has 0 aliphatic heterocycles. The monoisotopic (exact) mass is 252 g/mol. The van der Waals surface area contributed by atoms with E-state index in [1.807, 2.05) is 0 Å². The summed E-state index contributed by atoms with van der Waals surface area (Å²) in [6, 6.07) is 0.0785. The normalized spacial score (nSPS) is 32.6. The second-order valence-electron chi connectivity index (χ2n) is 7.41. The minimum atomic E-state index is 0.0785. The molecule has 0 saturated heterocycles. The lowest BCUT2D eigenvalue weighted by atomic mass is 9.88. The highest BCUT2D eigenvalue weighted by molar-refractivity contribution is 5.82. The predicted molar refractivity (Wildman–Crippen MR) is 74.0 cm³/mol. The minimum Gasteiger partial charge on any atom is -0.354 e. The van der Waals surface area contributed by atoms with Gasteiger partial charge in [-0.2, -0.15) is 0 Å². The van der Waals surface area contributed by atoms with Crippen molar-refractivity contribution in [3.8, 4) is 0 Å². The van der Waals surface area contributed by atoms with E-state index in [2.05, 4.69) is 26.1 Å². The Morgan fingerprint density at radius 3 is 2.33 bits per heavy atom. The number of nitrogens with two attached hydrogens (primary N) is 1. The zero-order valence-corrected chi connectivity index (χ0v) is 12.0. The quantitative estimate of drug-likeness (QED) is 0.806. The van der Waals surface area contributed by atoms with Crippen molar-refractivity contribution in [1.82, 2.24) is 5.32 Å². The smallest absolute Gasteiger partial charge is 0.223 e. The summed E-state index contributed by atoms with van der Waals surface area (Å²) in [4.78, 5) is 12.1. The van der Waals surface area contributed by atoms with Crippen molar-refractivity contribution in [2.45, 2.75) is 58.9 Å². The first-order chi connectivity index (χ1) is 8.38. The molecule has 0 spiro atoms. The van der Waals surface area contributed by atoms with Crippen molar-refractivity contribution >= 4 is 5.91 Å². The topological polar surface area (TPSA) is 55.1 Å². The van der Waals surface area contributed by atoms with Gasteiger partial charge in [0.05, 0.1) is 0 Å². The Bertz CT molecular complexity index is 296. The standard InChI is InChI=1S/C15H28N2O/c1-15(2,3)8-10(16)9-17-14(18)13-11-6-4-5-7-12(11)13/h10-13H,4-9,16H2,1-3H3,(H,17,18). The average molecular weight is 252 g/mol. The third kappa shape index (κ3) is 3.47. The molecule has 2 aliphatic carbocycles. The maximum Gasteiger partial charge on any atom is 0.223 e. The number of carbonyl (C=O) groups excluding carboxylic acids is 1. The van der Waals surface area contributed by atoms with Gasteiger partial charge >= 0.3 is 0 Å². The molecule has 0 heterocycles. The Morgan fingerprint density at radius 2 is 1.83 bits per heavy atom. The molecule has 3 unspecified atom stereocenters. The minimum absolute atomic E-state index is 0.0785. The van der Waals surface area contributed by atoms with E-state index in [0.29, 0.717) is 24.3 Å². The van der Waals surface area contributed by atoms with Crippen LogP contribution in [0.5, 0.6) is 0 Å². The molecule has 1 amide bonds. The third-order valence-electron chi connectivity index (χ3n) is 4.37. The molecule has 0 radical (unpaired) electrons. The van der Waals surface area contributed by atoms with E-state index < -0.39 is 0 Å². The SMILES string of the molecule is CC(C)(C)CC(N)CNC(=O)C1C2CCCCC21. The molecule has 2 rings (SSSR count). The van der Waals surface area contributed by atoms with Crippen LogP contribution in [0.4, 0.5) is 0 Å². The highest BCUT2D eigenvalue weighted by Gasteiger charge is 2.54. The van der Waals surface area contributed by atoms with E-state index in [9.17, 15) is 4.79 Å². The Labute approximate surface area is 111 Å². The largest absolute Gasteiger partial charge is 0.354 e. The lowest BCUT2D eigenvalue weighted by molar-refractivity contribution is -0.123. The van der Waals surface area contributed by atoms with E-state index in [-0.39, 0.29) is 17.4 Å². The van der Waals surface area contributed by atoms with Gasteiger partial charge in [0.15, 0.2) is 0 Å². The molecule has 3 N–H and O–H groups in total. The Kier molecular flexibility index (Phi) is 4.00. The van der Waals surface area contributed by atoms with Crippen molar-refractivity contribution in [3.63, 3.8) is 0 Å². The van der Waals surface area contributed by atoms with Crippen molar-refractivity contribution < 1.29 is 4.79 Å². The van der Waals surface area contributed by atoms with E-state index in [1.165, 1.54) is 25.7 Å². The van der Waals surface area contributed by atoms with Gasteiger partial charge < -0.3 is 11.1 Å². The fourth-order valence-corrected chi connectivity index (χ4v) is 3.59. The lowest BCUT2D eigenvalue weighted by Crippen LogP contribution is -2.40. The summed E-state index contributed by atoms with van der Waals surface area (Å²) in [6.07, 6.45) is 6.10. The summed E-state index contributed by atoms with van der Waals surface area (Å²) in [6.45, 7) is 7.18. The van der Waals surface area contributed by atoms with Crippen LogP contribution in [0.15, 0.2) is 0 Å². The number of fused-ring (bicyclic) bond motifs is 1. The number of nitrogens with one attached hydrogen (secondary N) is 1. The molecule has 104 valence electrons. The van der Waals surface area contributed by atoms with Crippen LogP contribution in [-0.2, 0) is 4.79 Å². The highest BCUT2D eigenvalue weighted by Crippen LogP contribution is 2.55. The second-order valence-corrected chi connectivity index (χ2v) is 7.41. The van der Waals surface area contributed by atoms with Gasteiger partial charge in [0.1, 0.15) is 0 Å². The molecule has 3 heteroatoms. The number of amides is 1. The van der Waals surface area contributed by atoms with Gasteiger partial charge in [-0.05, 0) is 36.5 Å². The summed E-state index contributed by atoms with van der Waals surface area (Å²) >= 11 is 0. The molecule has 0 aromatic rings. The molecule has 0 bridgehead atoms. The van der Waals surface area contributed by atoms with Crippen LogP contribution in [0.1, 0.15) is 52.9 Å². The van der Waals surface area contributed by atoms with Crippen molar-refractivity contribution in [2.24, 2.45) is 28.9 Å². The lowest BCUT2D eigenvalue weighted by Gasteiger charge is -2.23. The zero-order chi connectivity index (χ0) is 13.3. The molecule has 2 aliphatic rings. The maximum absolute atomic E-state index is 12.1. The number of hydrogen-bond donors (Lipinski definition) is 2. The molecule has 3 nitrogen and oxygen atoms in total.